The molecule has 2 rings (SSSR count). The molecular weight excluding hydrogens is 340 g/mol. The first-order valence-corrected chi connectivity index (χ1v) is 9.51. The highest BCUT2D eigenvalue weighted by atomic mass is 35.5. The maximum Gasteiger partial charge on any atom is 0.227 e. The number of piperazine rings is 1. The van der Waals surface area contributed by atoms with Crippen LogP contribution in [0, 0.1) is 6.92 Å². The van der Waals surface area contributed by atoms with Crippen LogP contribution in [0.15, 0.2) is 12.1 Å². The van der Waals surface area contributed by atoms with Crippen LogP contribution in [0.1, 0.15) is 11.1 Å². The summed E-state index contributed by atoms with van der Waals surface area (Å²) >= 11 is 6.13. The molecule has 0 unspecified atom stereocenters. The summed E-state index contributed by atoms with van der Waals surface area (Å²) in [5.74, 6) is 0.575. The summed E-state index contributed by atoms with van der Waals surface area (Å²) in [5, 5.41) is 0.593. The minimum absolute atomic E-state index is 0.0589. The summed E-state index contributed by atoms with van der Waals surface area (Å²) in [5.41, 5.74) is 1.63. The molecule has 1 saturated heterocycles. The number of hydrogen-bond donors (Lipinski definition) is 0. The minimum atomic E-state index is -3.20. The van der Waals surface area contributed by atoms with Gasteiger partial charge >= 0.3 is 0 Å². The van der Waals surface area contributed by atoms with Gasteiger partial charge in [0.1, 0.15) is 5.75 Å². The van der Waals surface area contributed by atoms with Crippen molar-refractivity contribution < 1.29 is 17.9 Å². The van der Waals surface area contributed by atoms with Crippen LogP contribution in [-0.2, 0) is 21.2 Å². The smallest absolute Gasteiger partial charge is 0.227 e. The van der Waals surface area contributed by atoms with Gasteiger partial charge in [-0.15, -0.1) is 0 Å². The number of nitrogens with zero attached hydrogens (tertiary/aromatic N) is 2. The van der Waals surface area contributed by atoms with Crippen molar-refractivity contribution >= 4 is 27.5 Å². The maximum atomic E-state index is 12.4. The summed E-state index contributed by atoms with van der Waals surface area (Å²) in [6.07, 6.45) is 1.37. The lowest BCUT2D eigenvalue weighted by atomic mass is 10.1. The predicted octanol–water partition coefficient (Wildman–Crippen LogP) is 1.30. The van der Waals surface area contributed by atoms with Gasteiger partial charge < -0.3 is 9.64 Å². The van der Waals surface area contributed by atoms with E-state index in [0.717, 1.165) is 11.1 Å². The molecule has 0 atom stereocenters. The molecule has 23 heavy (non-hydrogen) atoms. The molecule has 0 spiro atoms. The van der Waals surface area contributed by atoms with E-state index in [4.69, 9.17) is 16.3 Å². The van der Waals surface area contributed by atoms with Gasteiger partial charge in [-0.25, -0.2) is 8.42 Å². The largest absolute Gasteiger partial charge is 0.496 e. The summed E-state index contributed by atoms with van der Waals surface area (Å²) in [6.45, 7) is 3.33. The van der Waals surface area contributed by atoms with Crippen LogP contribution in [0.25, 0.3) is 0 Å². The normalized spacial score (nSPS) is 16.4. The van der Waals surface area contributed by atoms with E-state index >= 15 is 0 Å². The average molecular weight is 361 g/mol. The number of hydrogen-bond acceptors (Lipinski definition) is 4. The number of sulfonamides is 1. The number of halogens is 1. The van der Waals surface area contributed by atoms with Crippen molar-refractivity contribution in [2.45, 2.75) is 13.3 Å². The second kappa shape index (κ2) is 7.07. The summed E-state index contributed by atoms with van der Waals surface area (Å²) in [4.78, 5) is 14.1. The van der Waals surface area contributed by atoms with E-state index < -0.39 is 10.0 Å². The number of carbonyl (C=O) groups is 1. The van der Waals surface area contributed by atoms with Crippen LogP contribution in [0.3, 0.4) is 0 Å². The molecule has 1 aliphatic heterocycles. The monoisotopic (exact) mass is 360 g/mol. The molecule has 6 nitrogen and oxygen atoms in total. The highest BCUT2D eigenvalue weighted by Crippen LogP contribution is 2.27. The number of ether oxygens (including phenoxy) is 1. The highest BCUT2D eigenvalue weighted by Gasteiger charge is 2.26. The van der Waals surface area contributed by atoms with E-state index in [1.165, 1.54) is 10.6 Å². The fourth-order valence-corrected chi connectivity index (χ4v) is 3.58. The lowest BCUT2D eigenvalue weighted by molar-refractivity contribution is -0.131. The molecular formula is C15H21ClN2O4S. The Morgan fingerprint density at radius 3 is 2.39 bits per heavy atom. The zero-order valence-corrected chi connectivity index (χ0v) is 15.1. The first-order chi connectivity index (χ1) is 10.7. The summed E-state index contributed by atoms with van der Waals surface area (Å²) in [6, 6.07) is 3.56. The molecule has 0 bridgehead atoms. The molecule has 0 aromatic heterocycles. The fourth-order valence-electron chi connectivity index (χ4n) is 2.57. The topological polar surface area (TPSA) is 66.9 Å². The molecule has 0 saturated carbocycles. The third-order valence-corrected chi connectivity index (χ3v) is 5.67. The van der Waals surface area contributed by atoms with Gasteiger partial charge in [-0.1, -0.05) is 11.6 Å². The van der Waals surface area contributed by atoms with Crippen LogP contribution >= 0.6 is 11.6 Å². The Morgan fingerprint density at radius 2 is 1.87 bits per heavy atom. The van der Waals surface area contributed by atoms with Crippen molar-refractivity contribution in [3.8, 4) is 5.75 Å². The molecule has 1 aromatic carbocycles. The van der Waals surface area contributed by atoms with Crippen LogP contribution in [0.4, 0.5) is 0 Å². The first-order valence-electron chi connectivity index (χ1n) is 7.28. The Labute approximate surface area is 142 Å². The van der Waals surface area contributed by atoms with E-state index in [1.807, 2.05) is 13.0 Å². The lowest BCUT2D eigenvalue weighted by Crippen LogP contribution is -2.50. The van der Waals surface area contributed by atoms with Crippen LogP contribution in [-0.4, -0.2) is 63.1 Å². The zero-order chi connectivity index (χ0) is 17.2. The summed E-state index contributed by atoms with van der Waals surface area (Å²) < 4.78 is 29.7. The van der Waals surface area contributed by atoms with Gasteiger partial charge in [0.25, 0.3) is 0 Å². The molecule has 1 aliphatic rings. The van der Waals surface area contributed by atoms with Crippen LogP contribution in [0.2, 0.25) is 5.02 Å². The fraction of sp³-hybridized carbons (Fsp3) is 0.533. The Balaban J connectivity index is 2.05. The number of amides is 1. The molecule has 1 heterocycles. The van der Waals surface area contributed by atoms with Crippen molar-refractivity contribution in [2.24, 2.45) is 0 Å². The number of aryl methyl sites for hydroxylation is 1. The van der Waals surface area contributed by atoms with E-state index in [9.17, 15) is 13.2 Å². The Hall–Kier alpha value is -1.31. The molecule has 1 amide bonds. The van der Waals surface area contributed by atoms with E-state index in [1.54, 1.807) is 18.1 Å². The molecule has 0 N–H and O–H groups in total. The molecule has 0 radical (unpaired) electrons. The van der Waals surface area contributed by atoms with Gasteiger partial charge in [-0.2, -0.15) is 4.31 Å². The highest BCUT2D eigenvalue weighted by molar-refractivity contribution is 7.88. The van der Waals surface area contributed by atoms with Gasteiger partial charge in [-0.3, -0.25) is 4.79 Å². The second-order valence-corrected chi connectivity index (χ2v) is 8.02. The van der Waals surface area contributed by atoms with Crippen molar-refractivity contribution in [1.29, 1.82) is 0 Å². The molecule has 1 aromatic rings. The van der Waals surface area contributed by atoms with Gasteiger partial charge in [0, 0.05) is 36.8 Å². The number of methoxy groups -OCH3 is 1. The van der Waals surface area contributed by atoms with Gasteiger partial charge in [-0.05, 0) is 24.6 Å². The zero-order valence-electron chi connectivity index (χ0n) is 13.5. The Bertz CT molecular complexity index is 698. The number of benzene rings is 1. The van der Waals surface area contributed by atoms with Crippen molar-refractivity contribution in [3.05, 3.63) is 28.3 Å². The third-order valence-electron chi connectivity index (χ3n) is 3.96. The van der Waals surface area contributed by atoms with Gasteiger partial charge in [0.05, 0.1) is 19.8 Å². The van der Waals surface area contributed by atoms with E-state index in [0.29, 0.717) is 37.0 Å². The maximum absolute atomic E-state index is 12.4. The first kappa shape index (κ1) is 18.0. The minimum Gasteiger partial charge on any atom is -0.496 e. The second-order valence-electron chi connectivity index (χ2n) is 5.63. The quantitative estimate of drug-likeness (QED) is 0.811. The van der Waals surface area contributed by atoms with Crippen molar-refractivity contribution in [1.82, 2.24) is 9.21 Å². The molecule has 0 aliphatic carbocycles. The van der Waals surface area contributed by atoms with E-state index in [-0.39, 0.29) is 12.3 Å². The van der Waals surface area contributed by atoms with Crippen LogP contribution in [0.5, 0.6) is 5.75 Å². The lowest BCUT2D eigenvalue weighted by Gasteiger charge is -2.33. The van der Waals surface area contributed by atoms with Crippen molar-refractivity contribution in [3.63, 3.8) is 0 Å². The SMILES string of the molecule is COc1cc(C)c(Cl)cc1CC(=O)N1CCN(S(C)(=O)=O)CC1. The van der Waals surface area contributed by atoms with Gasteiger partial charge in [0.2, 0.25) is 15.9 Å². The number of carbonyl (C=O) groups excluding carboxylic acids is 1. The van der Waals surface area contributed by atoms with Crippen molar-refractivity contribution in [2.75, 3.05) is 39.5 Å². The number of rotatable bonds is 4. The Morgan fingerprint density at radius 1 is 1.26 bits per heavy atom. The molecule has 1 fully saturated rings. The molecule has 128 valence electrons. The molecule has 8 heteroatoms. The standard InChI is InChI=1S/C15H21ClN2O4S/c1-11-8-14(22-2)12(9-13(11)16)10-15(19)17-4-6-18(7-5-17)23(3,20)21/h8-9H,4-7,10H2,1-3H3. The van der Waals surface area contributed by atoms with E-state index in [2.05, 4.69) is 0 Å². The van der Waals surface area contributed by atoms with Gasteiger partial charge in [0.15, 0.2) is 0 Å². The summed E-state index contributed by atoms with van der Waals surface area (Å²) in [7, 11) is -1.64. The van der Waals surface area contributed by atoms with Crippen LogP contribution < -0.4 is 4.74 Å². The average Bonchev–Trinajstić information content (AvgIpc) is 2.50. The Kier molecular flexibility index (Phi) is 5.54. The third kappa shape index (κ3) is 4.37. The predicted molar refractivity (Wildman–Crippen MR) is 89.4 cm³/mol.